The van der Waals surface area contributed by atoms with Crippen molar-refractivity contribution in [2.45, 2.75) is 19.9 Å². The summed E-state index contributed by atoms with van der Waals surface area (Å²) in [5.74, 6) is -1.01. The van der Waals surface area contributed by atoms with E-state index in [2.05, 4.69) is 4.98 Å². The molecule has 0 spiro atoms. The summed E-state index contributed by atoms with van der Waals surface area (Å²) in [4.78, 5) is 31.9. The van der Waals surface area contributed by atoms with E-state index in [-0.39, 0.29) is 16.9 Å². The van der Waals surface area contributed by atoms with E-state index in [1.807, 2.05) is 13.8 Å². The SMILES string of the molecule is CCOc1ccc(/C(O)=C2/C(=O)C(=O)N(c3cccc(Cl)c3)C2c2ccncc2)c(OCC)c1. The van der Waals surface area contributed by atoms with Crippen molar-refractivity contribution in [2.24, 2.45) is 0 Å². The topological polar surface area (TPSA) is 89.0 Å². The molecule has 2 heterocycles. The zero-order chi connectivity index (χ0) is 24.2. The van der Waals surface area contributed by atoms with Crippen LogP contribution in [-0.2, 0) is 9.59 Å². The van der Waals surface area contributed by atoms with Gasteiger partial charge in [0.15, 0.2) is 0 Å². The highest BCUT2D eigenvalue weighted by molar-refractivity contribution is 6.51. The maximum Gasteiger partial charge on any atom is 0.300 e. The van der Waals surface area contributed by atoms with Crippen molar-refractivity contribution in [1.29, 1.82) is 0 Å². The van der Waals surface area contributed by atoms with Gasteiger partial charge in [-0.2, -0.15) is 0 Å². The molecule has 3 aromatic rings. The van der Waals surface area contributed by atoms with E-state index in [1.165, 1.54) is 4.90 Å². The summed E-state index contributed by atoms with van der Waals surface area (Å²) in [6, 6.07) is 14.1. The van der Waals surface area contributed by atoms with Gasteiger partial charge >= 0.3 is 0 Å². The fourth-order valence-corrected chi connectivity index (χ4v) is 4.15. The molecular weight excluding hydrogens is 456 g/mol. The maximum atomic E-state index is 13.3. The molecule has 1 fully saturated rings. The number of pyridine rings is 1. The van der Waals surface area contributed by atoms with Gasteiger partial charge in [-0.25, -0.2) is 0 Å². The van der Waals surface area contributed by atoms with E-state index in [0.717, 1.165) is 0 Å². The molecule has 1 unspecified atom stereocenters. The van der Waals surface area contributed by atoms with Crippen molar-refractivity contribution in [3.8, 4) is 11.5 Å². The molecule has 1 saturated heterocycles. The minimum Gasteiger partial charge on any atom is -0.507 e. The molecule has 2 aromatic carbocycles. The van der Waals surface area contributed by atoms with E-state index in [4.69, 9.17) is 21.1 Å². The highest BCUT2D eigenvalue weighted by Gasteiger charge is 2.47. The van der Waals surface area contributed by atoms with E-state index in [0.29, 0.717) is 41.0 Å². The first-order valence-corrected chi connectivity index (χ1v) is 11.2. The van der Waals surface area contributed by atoms with Gasteiger partial charge in [0.1, 0.15) is 17.3 Å². The number of rotatable bonds is 7. The van der Waals surface area contributed by atoms with Gasteiger partial charge in [-0.15, -0.1) is 0 Å². The predicted molar refractivity (Wildman–Crippen MR) is 129 cm³/mol. The van der Waals surface area contributed by atoms with E-state index in [9.17, 15) is 14.7 Å². The number of Topliss-reactive ketones (excluding diaryl/α,β-unsaturated/α-hetero) is 1. The Bertz CT molecular complexity index is 1260. The first-order chi connectivity index (χ1) is 16.5. The Morgan fingerprint density at radius 3 is 2.44 bits per heavy atom. The van der Waals surface area contributed by atoms with Gasteiger partial charge in [-0.05, 0) is 61.9 Å². The Kier molecular flexibility index (Phi) is 6.84. The number of hydrogen-bond donors (Lipinski definition) is 1. The average Bonchev–Trinajstić information content (AvgIpc) is 3.10. The molecule has 1 aliphatic heterocycles. The molecule has 7 nitrogen and oxygen atoms in total. The standard InChI is InChI=1S/C26H23ClN2O5/c1-3-33-19-8-9-20(21(15-19)34-4-2)24(30)22-23(16-10-12-28-13-11-16)29(26(32)25(22)31)18-7-5-6-17(27)14-18/h5-15,23,30H,3-4H2,1-2H3/b24-22-. The number of carbonyl (C=O) groups excluding carboxylic acids is 2. The number of aliphatic hydroxyl groups excluding tert-OH is 1. The Morgan fingerprint density at radius 2 is 1.76 bits per heavy atom. The van der Waals surface area contributed by atoms with Crippen molar-refractivity contribution in [1.82, 2.24) is 4.98 Å². The number of ether oxygens (including phenoxy) is 2. The van der Waals surface area contributed by atoms with Gasteiger partial charge in [0.25, 0.3) is 11.7 Å². The molecule has 174 valence electrons. The number of aromatic nitrogens is 1. The Balaban J connectivity index is 1.93. The summed E-state index contributed by atoms with van der Waals surface area (Å²) < 4.78 is 11.3. The van der Waals surface area contributed by atoms with Crippen LogP contribution < -0.4 is 14.4 Å². The second-order valence-electron chi connectivity index (χ2n) is 7.45. The normalized spacial score (nSPS) is 17.1. The summed E-state index contributed by atoms with van der Waals surface area (Å²) in [5, 5.41) is 11.8. The summed E-state index contributed by atoms with van der Waals surface area (Å²) in [6.07, 6.45) is 3.13. The Hall–Kier alpha value is -3.84. The lowest BCUT2D eigenvalue weighted by molar-refractivity contribution is -0.132. The van der Waals surface area contributed by atoms with Crippen LogP contribution in [0.1, 0.15) is 31.0 Å². The molecule has 1 aromatic heterocycles. The van der Waals surface area contributed by atoms with Crippen LogP contribution in [0.25, 0.3) is 5.76 Å². The number of halogens is 1. The lowest BCUT2D eigenvalue weighted by Crippen LogP contribution is -2.29. The van der Waals surface area contributed by atoms with Crippen LogP contribution >= 0.6 is 11.6 Å². The van der Waals surface area contributed by atoms with Crippen LogP contribution in [0, 0.1) is 0 Å². The predicted octanol–water partition coefficient (Wildman–Crippen LogP) is 5.16. The fourth-order valence-electron chi connectivity index (χ4n) is 3.96. The maximum absolute atomic E-state index is 13.3. The van der Waals surface area contributed by atoms with Crippen LogP contribution in [0.15, 0.2) is 72.6 Å². The van der Waals surface area contributed by atoms with Crippen LogP contribution in [0.5, 0.6) is 11.5 Å². The number of benzene rings is 2. The summed E-state index contributed by atoms with van der Waals surface area (Å²) in [6.45, 7) is 4.47. The van der Waals surface area contributed by atoms with Gasteiger partial charge in [-0.3, -0.25) is 19.5 Å². The quantitative estimate of drug-likeness (QED) is 0.286. The molecule has 0 radical (unpaired) electrons. The third-order valence-electron chi connectivity index (χ3n) is 5.37. The second kappa shape index (κ2) is 9.97. The van der Waals surface area contributed by atoms with Crippen LogP contribution in [-0.4, -0.2) is 35.0 Å². The van der Waals surface area contributed by atoms with Crippen molar-refractivity contribution in [2.75, 3.05) is 18.1 Å². The zero-order valence-corrected chi connectivity index (χ0v) is 19.5. The smallest absolute Gasteiger partial charge is 0.300 e. The monoisotopic (exact) mass is 478 g/mol. The van der Waals surface area contributed by atoms with Crippen molar-refractivity contribution in [3.05, 3.63) is 88.7 Å². The molecule has 1 amide bonds. The number of carbonyl (C=O) groups is 2. The zero-order valence-electron chi connectivity index (χ0n) is 18.7. The van der Waals surface area contributed by atoms with Gasteiger partial charge in [0, 0.05) is 29.2 Å². The van der Waals surface area contributed by atoms with Crippen molar-refractivity contribution >= 4 is 34.7 Å². The Morgan fingerprint density at radius 1 is 1.03 bits per heavy atom. The number of hydrogen-bond acceptors (Lipinski definition) is 6. The van der Waals surface area contributed by atoms with Crippen molar-refractivity contribution in [3.63, 3.8) is 0 Å². The summed E-state index contributed by atoms with van der Waals surface area (Å²) in [5.41, 5.74) is 1.28. The first-order valence-electron chi connectivity index (χ1n) is 10.8. The number of anilines is 1. The highest BCUT2D eigenvalue weighted by Crippen LogP contribution is 2.43. The Labute approximate surface area is 202 Å². The number of ketones is 1. The van der Waals surface area contributed by atoms with Crippen molar-refractivity contribution < 1.29 is 24.2 Å². The third-order valence-corrected chi connectivity index (χ3v) is 5.61. The third kappa shape index (κ3) is 4.34. The van der Waals surface area contributed by atoms with E-state index >= 15 is 0 Å². The number of amides is 1. The minimum atomic E-state index is -0.887. The molecule has 8 heteroatoms. The van der Waals surface area contributed by atoms with Crippen LogP contribution in [0.4, 0.5) is 5.69 Å². The van der Waals surface area contributed by atoms with Crippen LogP contribution in [0.2, 0.25) is 5.02 Å². The molecule has 1 N–H and O–H groups in total. The molecule has 0 saturated carbocycles. The highest BCUT2D eigenvalue weighted by atomic mass is 35.5. The molecule has 1 aliphatic rings. The lowest BCUT2D eigenvalue weighted by atomic mass is 9.95. The average molecular weight is 479 g/mol. The molecule has 34 heavy (non-hydrogen) atoms. The number of nitrogens with zero attached hydrogens (tertiary/aromatic N) is 2. The largest absolute Gasteiger partial charge is 0.507 e. The molecule has 1 atom stereocenters. The molecule has 0 bridgehead atoms. The van der Waals surface area contributed by atoms with Gasteiger partial charge < -0.3 is 14.6 Å². The fraction of sp³-hybridized carbons (Fsp3) is 0.192. The van der Waals surface area contributed by atoms with Gasteiger partial charge in [-0.1, -0.05) is 17.7 Å². The molecule has 4 rings (SSSR count). The summed E-state index contributed by atoms with van der Waals surface area (Å²) in [7, 11) is 0. The first kappa shape index (κ1) is 23.3. The minimum absolute atomic E-state index is 0.0544. The van der Waals surface area contributed by atoms with Gasteiger partial charge in [0.05, 0.1) is 30.4 Å². The van der Waals surface area contributed by atoms with Gasteiger partial charge in [0.2, 0.25) is 0 Å². The number of aliphatic hydroxyl groups is 1. The molecular formula is C26H23ClN2O5. The van der Waals surface area contributed by atoms with E-state index in [1.54, 1.807) is 67.0 Å². The molecule has 0 aliphatic carbocycles. The lowest BCUT2D eigenvalue weighted by Gasteiger charge is -2.25. The second-order valence-corrected chi connectivity index (χ2v) is 7.89. The summed E-state index contributed by atoms with van der Waals surface area (Å²) >= 11 is 6.17. The van der Waals surface area contributed by atoms with E-state index < -0.39 is 17.7 Å². The van der Waals surface area contributed by atoms with Crippen LogP contribution in [0.3, 0.4) is 0 Å².